The van der Waals surface area contributed by atoms with E-state index in [1.165, 1.54) is 0 Å². The van der Waals surface area contributed by atoms with E-state index in [9.17, 15) is 14.4 Å². The van der Waals surface area contributed by atoms with Gasteiger partial charge in [-0.2, -0.15) is 0 Å². The number of halogens is 1. The predicted molar refractivity (Wildman–Crippen MR) is 103 cm³/mol. The van der Waals surface area contributed by atoms with Gasteiger partial charge in [0.05, 0.1) is 12.2 Å². The van der Waals surface area contributed by atoms with Crippen molar-refractivity contribution in [3.63, 3.8) is 0 Å². The third-order valence-electron chi connectivity index (χ3n) is 5.39. The van der Waals surface area contributed by atoms with Gasteiger partial charge in [-0.15, -0.1) is 0 Å². The van der Waals surface area contributed by atoms with Crippen LogP contribution in [0.2, 0.25) is 5.02 Å². The molecular formula is C21H21ClN2O4. The summed E-state index contributed by atoms with van der Waals surface area (Å²) in [6.45, 7) is 2.90. The van der Waals surface area contributed by atoms with Gasteiger partial charge in [-0.3, -0.25) is 9.59 Å². The second-order valence-corrected chi connectivity index (χ2v) is 7.45. The van der Waals surface area contributed by atoms with Gasteiger partial charge >= 0.3 is 5.97 Å². The summed E-state index contributed by atoms with van der Waals surface area (Å²) >= 11 is 6.04. The van der Waals surface area contributed by atoms with Crippen molar-refractivity contribution in [1.82, 2.24) is 10.2 Å². The van der Waals surface area contributed by atoms with Crippen LogP contribution >= 0.6 is 11.6 Å². The van der Waals surface area contributed by atoms with Crippen LogP contribution in [0.1, 0.15) is 37.7 Å². The molecule has 0 aromatic heterocycles. The number of amides is 1. The number of ketones is 1. The number of carbonyl (C=O) groups excluding carboxylic acids is 3. The number of hydrogen-bond acceptors (Lipinski definition) is 5. The highest BCUT2D eigenvalue weighted by atomic mass is 35.5. The number of hydrogen-bond donors (Lipinski definition) is 1. The van der Waals surface area contributed by atoms with Crippen molar-refractivity contribution in [2.45, 2.75) is 32.1 Å². The summed E-state index contributed by atoms with van der Waals surface area (Å²) in [5.41, 5.74) is 2.75. The summed E-state index contributed by atoms with van der Waals surface area (Å²) in [6.07, 6.45) is 1.89. The van der Waals surface area contributed by atoms with Gasteiger partial charge in [0.2, 0.25) is 0 Å². The Morgan fingerprint density at radius 1 is 1.25 bits per heavy atom. The standard InChI is InChI=1S/C21H21ClN2O4/c1-2-28-21(27)18-16(12-6-8-13(22)9-7-12)17-14(4-3-5-15(17)25)24-11-10-23-20(26)19(18)24/h6-9,16H,2-5,10-11H2,1H3,(H,23,26)/t16-/m1/s1. The maximum Gasteiger partial charge on any atom is 0.337 e. The molecule has 2 aliphatic heterocycles. The van der Waals surface area contributed by atoms with Crippen molar-refractivity contribution in [3.8, 4) is 0 Å². The zero-order chi connectivity index (χ0) is 19.8. The Balaban J connectivity index is 1.98. The van der Waals surface area contributed by atoms with Gasteiger partial charge in [0, 0.05) is 41.7 Å². The first kappa shape index (κ1) is 18.7. The molecule has 1 amide bonds. The van der Waals surface area contributed by atoms with Crippen molar-refractivity contribution < 1.29 is 19.1 Å². The average Bonchev–Trinajstić information content (AvgIpc) is 2.68. The van der Waals surface area contributed by atoms with Gasteiger partial charge in [-0.05, 0) is 37.5 Å². The molecule has 1 aromatic carbocycles. The fourth-order valence-corrected chi connectivity index (χ4v) is 4.41. The number of fused-ring (bicyclic) bond motifs is 2. The number of carbonyl (C=O) groups is 3. The van der Waals surface area contributed by atoms with Crippen molar-refractivity contribution in [2.24, 2.45) is 0 Å². The van der Waals surface area contributed by atoms with Crippen LogP contribution in [0.15, 0.2) is 46.8 Å². The quantitative estimate of drug-likeness (QED) is 0.789. The van der Waals surface area contributed by atoms with Crippen molar-refractivity contribution in [1.29, 1.82) is 0 Å². The molecule has 146 valence electrons. The Morgan fingerprint density at radius 3 is 2.71 bits per heavy atom. The summed E-state index contributed by atoms with van der Waals surface area (Å²) in [7, 11) is 0. The lowest BCUT2D eigenvalue weighted by atomic mass is 9.74. The van der Waals surface area contributed by atoms with E-state index >= 15 is 0 Å². The minimum absolute atomic E-state index is 0.0213. The summed E-state index contributed by atoms with van der Waals surface area (Å²) in [5.74, 6) is -1.48. The molecule has 7 heteroatoms. The van der Waals surface area contributed by atoms with Crippen molar-refractivity contribution in [3.05, 3.63) is 57.4 Å². The normalized spacial score (nSPS) is 21.9. The van der Waals surface area contributed by atoms with E-state index in [2.05, 4.69) is 5.32 Å². The fraction of sp³-hybridized carbons (Fsp3) is 0.381. The number of nitrogens with one attached hydrogen (secondary N) is 1. The first-order valence-corrected chi connectivity index (χ1v) is 9.89. The van der Waals surface area contributed by atoms with E-state index < -0.39 is 11.9 Å². The Hall–Kier alpha value is -2.60. The monoisotopic (exact) mass is 400 g/mol. The topological polar surface area (TPSA) is 75.7 Å². The Kier molecular flexibility index (Phi) is 4.98. The molecule has 0 unspecified atom stereocenters. The van der Waals surface area contributed by atoms with Crippen molar-refractivity contribution in [2.75, 3.05) is 19.7 Å². The van der Waals surface area contributed by atoms with Gasteiger partial charge in [-0.25, -0.2) is 4.79 Å². The molecular weight excluding hydrogens is 380 g/mol. The van der Waals surface area contributed by atoms with Gasteiger partial charge in [0.1, 0.15) is 5.70 Å². The number of Topliss-reactive ketones (excluding diaryl/α,β-unsaturated/α-hetero) is 1. The first-order valence-electron chi connectivity index (χ1n) is 9.51. The number of allylic oxidation sites excluding steroid dienone is 2. The molecule has 6 nitrogen and oxygen atoms in total. The number of benzene rings is 1. The zero-order valence-electron chi connectivity index (χ0n) is 15.6. The number of esters is 1. The van der Waals surface area contributed by atoms with Gasteiger partial charge in [-0.1, -0.05) is 23.7 Å². The average molecular weight is 401 g/mol. The molecule has 0 radical (unpaired) electrons. The molecule has 1 N–H and O–H groups in total. The van der Waals surface area contributed by atoms with Crippen LogP contribution in [-0.4, -0.2) is 42.3 Å². The third-order valence-corrected chi connectivity index (χ3v) is 5.64. The molecule has 1 aliphatic carbocycles. The SMILES string of the molecule is CCOC(=O)C1=C2C(=O)NCCN2C2=C(C(=O)CCC2)[C@H]1c1ccc(Cl)cc1. The van der Waals surface area contributed by atoms with Crippen LogP contribution in [0.3, 0.4) is 0 Å². The lowest BCUT2D eigenvalue weighted by molar-refractivity contribution is -0.139. The molecule has 4 rings (SSSR count). The molecule has 0 saturated carbocycles. The van der Waals surface area contributed by atoms with Crippen LogP contribution in [0, 0.1) is 0 Å². The highest BCUT2D eigenvalue weighted by Crippen LogP contribution is 2.46. The Morgan fingerprint density at radius 2 is 2.00 bits per heavy atom. The van der Waals surface area contributed by atoms with E-state index in [1.807, 2.05) is 4.90 Å². The van der Waals surface area contributed by atoms with Crippen LogP contribution in [-0.2, 0) is 19.1 Å². The molecule has 2 heterocycles. The predicted octanol–water partition coefficient (Wildman–Crippen LogP) is 2.69. The molecule has 1 saturated heterocycles. The van der Waals surface area contributed by atoms with Crippen LogP contribution in [0.5, 0.6) is 0 Å². The molecule has 28 heavy (non-hydrogen) atoms. The number of nitrogens with zero attached hydrogens (tertiary/aromatic N) is 1. The molecule has 3 aliphatic rings. The lowest BCUT2D eigenvalue weighted by Crippen LogP contribution is -2.50. The first-order chi connectivity index (χ1) is 13.5. The number of ether oxygens (including phenoxy) is 1. The highest BCUT2D eigenvalue weighted by molar-refractivity contribution is 6.30. The molecule has 0 spiro atoms. The summed E-state index contributed by atoms with van der Waals surface area (Å²) in [4.78, 5) is 40.6. The van der Waals surface area contributed by atoms with E-state index in [-0.39, 0.29) is 23.9 Å². The summed E-state index contributed by atoms with van der Waals surface area (Å²) in [6, 6.07) is 7.06. The largest absolute Gasteiger partial charge is 0.463 e. The minimum Gasteiger partial charge on any atom is -0.463 e. The maximum atomic E-state index is 13.0. The van der Waals surface area contributed by atoms with E-state index in [0.29, 0.717) is 42.2 Å². The van der Waals surface area contributed by atoms with Crippen LogP contribution in [0.4, 0.5) is 0 Å². The maximum absolute atomic E-state index is 13.0. The molecule has 1 aromatic rings. The summed E-state index contributed by atoms with van der Waals surface area (Å²) in [5, 5.41) is 3.38. The van der Waals surface area contributed by atoms with E-state index in [1.54, 1.807) is 31.2 Å². The van der Waals surface area contributed by atoms with E-state index in [4.69, 9.17) is 16.3 Å². The molecule has 0 bridgehead atoms. The third kappa shape index (κ3) is 3.02. The van der Waals surface area contributed by atoms with Crippen molar-refractivity contribution >= 4 is 29.3 Å². The summed E-state index contributed by atoms with van der Waals surface area (Å²) < 4.78 is 5.31. The molecule has 1 atom stereocenters. The van der Waals surface area contributed by atoms with Gasteiger partial charge in [0.15, 0.2) is 5.78 Å². The second-order valence-electron chi connectivity index (χ2n) is 7.01. The van der Waals surface area contributed by atoms with Gasteiger partial charge < -0.3 is 15.0 Å². The number of rotatable bonds is 3. The fourth-order valence-electron chi connectivity index (χ4n) is 4.28. The van der Waals surface area contributed by atoms with Crippen LogP contribution < -0.4 is 5.32 Å². The highest BCUT2D eigenvalue weighted by Gasteiger charge is 2.45. The second kappa shape index (κ2) is 7.43. The lowest BCUT2D eigenvalue weighted by Gasteiger charge is -2.43. The number of piperazine rings is 1. The Labute approximate surface area is 168 Å². The Bertz CT molecular complexity index is 917. The zero-order valence-corrected chi connectivity index (χ0v) is 16.3. The van der Waals surface area contributed by atoms with Crippen LogP contribution in [0.25, 0.3) is 0 Å². The van der Waals surface area contributed by atoms with E-state index in [0.717, 1.165) is 17.7 Å². The molecule has 1 fully saturated rings. The minimum atomic E-state index is -0.630. The van der Waals surface area contributed by atoms with Gasteiger partial charge in [0.25, 0.3) is 5.91 Å². The smallest absolute Gasteiger partial charge is 0.337 e.